The minimum atomic E-state index is -3.54. The first-order valence-corrected chi connectivity index (χ1v) is 10.9. The second-order valence-corrected chi connectivity index (χ2v) is 8.95. The molecule has 2 heterocycles. The third-order valence-corrected chi connectivity index (χ3v) is 6.37. The SMILES string of the molecule is COCCS(=O)(=O)c1ncc(CN2CCCC(O)C2)n1Cc1ccccc1. The normalized spacial score (nSPS) is 18.7. The fraction of sp³-hybridized carbons (Fsp3) is 0.526. The van der Waals surface area contributed by atoms with Gasteiger partial charge in [0, 0.05) is 20.2 Å². The zero-order chi connectivity index (χ0) is 19.3. The Labute approximate surface area is 160 Å². The number of imidazole rings is 1. The van der Waals surface area contributed by atoms with Crippen LogP contribution in [0.25, 0.3) is 0 Å². The first kappa shape index (κ1) is 20.0. The molecule has 1 unspecified atom stereocenters. The Morgan fingerprint density at radius 2 is 2.04 bits per heavy atom. The fourth-order valence-electron chi connectivity index (χ4n) is 3.39. The van der Waals surface area contributed by atoms with E-state index in [1.807, 2.05) is 30.3 Å². The molecule has 0 radical (unpaired) electrons. The van der Waals surface area contributed by atoms with Crippen molar-refractivity contribution < 1.29 is 18.3 Å². The summed E-state index contributed by atoms with van der Waals surface area (Å²) in [6, 6.07) is 9.75. The zero-order valence-corrected chi connectivity index (χ0v) is 16.4. The highest BCUT2D eigenvalue weighted by molar-refractivity contribution is 7.91. The second-order valence-electron chi connectivity index (χ2n) is 6.95. The molecule has 1 aliphatic rings. The summed E-state index contributed by atoms with van der Waals surface area (Å²) in [4.78, 5) is 6.40. The number of methoxy groups -OCH3 is 1. The molecule has 0 spiro atoms. The molecule has 3 rings (SSSR count). The first-order chi connectivity index (χ1) is 13.0. The fourth-order valence-corrected chi connectivity index (χ4v) is 4.69. The minimum absolute atomic E-state index is 0.0796. The highest BCUT2D eigenvalue weighted by atomic mass is 32.2. The van der Waals surface area contributed by atoms with Gasteiger partial charge in [0.1, 0.15) is 0 Å². The van der Waals surface area contributed by atoms with Gasteiger partial charge in [-0.25, -0.2) is 13.4 Å². The molecule has 148 valence electrons. The van der Waals surface area contributed by atoms with Crippen molar-refractivity contribution in [3.63, 3.8) is 0 Å². The molecule has 1 aliphatic heterocycles. The summed E-state index contributed by atoms with van der Waals surface area (Å²) in [6.07, 6.45) is 3.07. The van der Waals surface area contributed by atoms with Crippen molar-refractivity contribution in [2.24, 2.45) is 0 Å². The molecule has 8 heteroatoms. The van der Waals surface area contributed by atoms with Crippen molar-refractivity contribution in [1.82, 2.24) is 14.5 Å². The van der Waals surface area contributed by atoms with E-state index in [0.717, 1.165) is 30.6 Å². The van der Waals surface area contributed by atoms with Crippen molar-refractivity contribution in [3.05, 3.63) is 47.8 Å². The molecule has 0 bridgehead atoms. The van der Waals surface area contributed by atoms with Crippen LogP contribution < -0.4 is 0 Å². The first-order valence-electron chi connectivity index (χ1n) is 9.20. The van der Waals surface area contributed by atoms with E-state index in [2.05, 4.69) is 9.88 Å². The zero-order valence-electron chi connectivity index (χ0n) is 15.6. The number of aliphatic hydroxyl groups is 1. The average Bonchev–Trinajstić information content (AvgIpc) is 3.04. The highest BCUT2D eigenvalue weighted by Crippen LogP contribution is 2.19. The van der Waals surface area contributed by atoms with Gasteiger partial charge in [0.15, 0.2) is 0 Å². The van der Waals surface area contributed by atoms with Crippen molar-refractivity contribution in [2.45, 2.75) is 37.2 Å². The van der Waals surface area contributed by atoms with Crippen LogP contribution in [0.4, 0.5) is 0 Å². The van der Waals surface area contributed by atoms with Crippen LogP contribution in [0.15, 0.2) is 41.7 Å². The van der Waals surface area contributed by atoms with E-state index in [1.165, 1.54) is 7.11 Å². The molecular formula is C19H27N3O4S. The number of nitrogens with zero attached hydrogens (tertiary/aromatic N) is 3. The smallest absolute Gasteiger partial charge is 0.228 e. The van der Waals surface area contributed by atoms with Crippen LogP contribution in [-0.4, -0.2) is 66.6 Å². The van der Waals surface area contributed by atoms with Crippen LogP contribution >= 0.6 is 0 Å². The molecule has 0 aliphatic carbocycles. The Morgan fingerprint density at radius 1 is 1.26 bits per heavy atom. The Kier molecular flexibility index (Phi) is 6.64. The average molecular weight is 394 g/mol. The molecule has 27 heavy (non-hydrogen) atoms. The molecule has 1 aromatic heterocycles. The van der Waals surface area contributed by atoms with E-state index in [0.29, 0.717) is 19.6 Å². The number of aromatic nitrogens is 2. The third kappa shape index (κ3) is 5.16. The minimum Gasteiger partial charge on any atom is -0.392 e. The number of aliphatic hydroxyl groups excluding tert-OH is 1. The molecule has 7 nitrogen and oxygen atoms in total. The molecule has 2 aromatic rings. The summed E-state index contributed by atoms with van der Waals surface area (Å²) in [5.74, 6) is -0.100. The molecule has 1 saturated heterocycles. The predicted octanol–water partition coefficient (Wildman–Crippen LogP) is 1.31. The van der Waals surface area contributed by atoms with E-state index in [4.69, 9.17) is 4.74 Å². The van der Waals surface area contributed by atoms with Gasteiger partial charge in [0.25, 0.3) is 0 Å². The van der Waals surface area contributed by atoms with Gasteiger partial charge >= 0.3 is 0 Å². The molecule has 0 amide bonds. The second kappa shape index (κ2) is 8.97. The van der Waals surface area contributed by atoms with Crippen LogP contribution in [0.3, 0.4) is 0 Å². The topological polar surface area (TPSA) is 84.7 Å². The number of β-amino-alcohol motifs (C(OH)–C–C–N with tert-alkyl or cyclic N) is 1. The number of hydrogen-bond donors (Lipinski definition) is 1. The van der Waals surface area contributed by atoms with E-state index in [-0.39, 0.29) is 23.6 Å². The number of ether oxygens (including phenoxy) is 1. The standard InChI is InChI=1S/C19H27N3O4S/c1-26-10-11-27(24,25)19-20-12-17(14-21-9-5-8-18(23)15-21)22(19)13-16-6-3-2-4-7-16/h2-4,6-7,12,18,23H,5,8-11,13-15H2,1H3. The summed E-state index contributed by atoms with van der Waals surface area (Å²) >= 11 is 0. The maximum Gasteiger partial charge on any atom is 0.228 e. The van der Waals surface area contributed by atoms with Gasteiger partial charge in [-0.05, 0) is 24.9 Å². The largest absolute Gasteiger partial charge is 0.392 e. The van der Waals surface area contributed by atoms with Gasteiger partial charge in [-0.15, -0.1) is 0 Å². The number of rotatable bonds is 8. The lowest BCUT2D eigenvalue weighted by molar-refractivity contribution is 0.0655. The molecular weight excluding hydrogens is 366 g/mol. The highest BCUT2D eigenvalue weighted by Gasteiger charge is 2.25. The monoisotopic (exact) mass is 393 g/mol. The lowest BCUT2D eigenvalue weighted by atomic mass is 10.1. The van der Waals surface area contributed by atoms with Gasteiger partial charge in [-0.1, -0.05) is 30.3 Å². The van der Waals surface area contributed by atoms with E-state index >= 15 is 0 Å². The summed E-state index contributed by atoms with van der Waals surface area (Å²) in [7, 11) is -2.06. The van der Waals surface area contributed by atoms with Crippen LogP contribution in [-0.2, 0) is 27.7 Å². The van der Waals surface area contributed by atoms with Crippen LogP contribution in [0.2, 0.25) is 0 Å². The van der Waals surface area contributed by atoms with Crippen molar-refractivity contribution >= 4 is 9.84 Å². The summed E-state index contributed by atoms with van der Waals surface area (Å²) in [5.41, 5.74) is 1.85. The number of piperidine rings is 1. The van der Waals surface area contributed by atoms with Crippen molar-refractivity contribution in [1.29, 1.82) is 0 Å². The number of hydrogen-bond acceptors (Lipinski definition) is 6. The van der Waals surface area contributed by atoms with Gasteiger partial charge in [-0.2, -0.15) is 0 Å². The van der Waals surface area contributed by atoms with Crippen molar-refractivity contribution in [2.75, 3.05) is 32.6 Å². The molecule has 1 fully saturated rings. The predicted molar refractivity (Wildman–Crippen MR) is 102 cm³/mol. The van der Waals surface area contributed by atoms with Gasteiger partial charge in [0.2, 0.25) is 15.0 Å². The third-order valence-electron chi connectivity index (χ3n) is 4.79. The maximum atomic E-state index is 12.7. The summed E-state index contributed by atoms with van der Waals surface area (Å²) in [6.45, 7) is 2.63. The van der Waals surface area contributed by atoms with Crippen LogP contribution in [0.5, 0.6) is 0 Å². The molecule has 1 N–H and O–H groups in total. The van der Waals surface area contributed by atoms with Gasteiger partial charge in [-0.3, -0.25) is 4.90 Å². The van der Waals surface area contributed by atoms with Crippen LogP contribution in [0, 0.1) is 0 Å². The summed E-state index contributed by atoms with van der Waals surface area (Å²) in [5, 5.41) is 10.00. The maximum absolute atomic E-state index is 12.7. The van der Waals surface area contributed by atoms with Gasteiger partial charge < -0.3 is 14.4 Å². The lowest BCUT2D eigenvalue weighted by Crippen LogP contribution is -2.38. The van der Waals surface area contributed by atoms with E-state index < -0.39 is 9.84 Å². The van der Waals surface area contributed by atoms with Gasteiger partial charge in [0.05, 0.1) is 36.9 Å². The Morgan fingerprint density at radius 3 is 2.74 bits per heavy atom. The number of benzene rings is 1. The molecule has 0 saturated carbocycles. The Bertz CT molecular complexity index is 836. The summed E-state index contributed by atoms with van der Waals surface area (Å²) < 4.78 is 32.2. The van der Waals surface area contributed by atoms with E-state index in [1.54, 1.807) is 10.8 Å². The number of likely N-dealkylation sites (tertiary alicyclic amines) is 1. The van der Waals surface area contributed by atoms with Crippen LogP contribution in [0.1, 0.15) is 24.1 Å². The molecule has 1 atom stereocenters. The number of sulfone groups is 1. The van der Waals surface area contributed by atoms with Crippen molar-refractivity contribution in [3.8, 4) is 0 Å². The molecule has 1 aromatic carbocycles. The quantitative estimate of drug-likeness (QED) is 0.728. The van der Waals surface area contributed by atoms with E-state index in [9.17, 15) is 13.5 Å². The lowest BCUT2D eigenvalue weighted by Gasteiger charge is -2.30. The Hall–Kier alpha value is -1.74. The Balaban J connectivity index is 1.90.